The summed E-state index contributed by atoms with van der Waals surface area (Å²) in [5.74, 6) is -0.277. The summed E-state index contributed by atoms with van der Waals surface area (Å²) in [5.41, 5.74) is 4.41. The van der Waals surface area contributed by atoms with Gasteiger partial charge in [0.25, 0.3) is 5.91 Å². The van der Waals surface area contributed by atoms with E-state index in [9.17, 15) is 4.79 Å². The van der Waals surface area contributed by atoms with Gasteiger partial charge in [-0.25, -0.2) is 9.97 Å². The molecule has 1 amide bonds. The summed E-state index contributed by atoms with van der Waals surface area (Å²) in [6.07, 6.45) is 2.09. The van der Waals surface area contributed by atoms with Gasteiger partial charge in [-0.2, -0.15) is 0 Å². The van der Waals surface area contributed by atoms with Gasteiger partial charge in [0.05, 0.1) is 53.8 Å². The zero-order chi connectivity index (χ0) is 17.8. The maximum absolute atomic E-state index is 12.6. The smallest absolute Gasteiger partial charge is 0.271 e. The second-order valence-corrected chi connectivity index (χ2v) is 6.74. The van der Waals surface area contributed by atoms with Crippen LogP contribution in [0.4, 0.5) is 0 Å². The Morgan fingerprint density at radius 1 is 1.31 bits per heavy atom. The molecule has 1 N–H and O–H groups in total. The van der Waals surface area contributed by atoms with E-state index in [-0.39, 0.29) is 23.7 Å². The van der Waals surface area contributed by atoms with Gasteiger partial charge in [0, 0.05) is 12.0 Å². The van der Waals surface area contributed by atoms with Crippen LogP contribution in [0, 0.1) is 0 Å². The fraction of sp³-hybridized carbons (Fsp3) is 0.333. The first-order chi connectivity index (χ1) is 12.8. The number of hydrogen-bond acceptors (Lipinski definition) is 7. The molecule has 0 unspecified atom stereocenters. The molecular weight excluding hydrogens is 352 g/mol. The number of amides is 1. The van der Waals surface area contributed by atoms with Crippen LogP contribution in [-0.4, -0.2) is 46.2 Å². The third-order valence-electron chi connectivity index (χ3n) is 4.22. The van der Waals surface area contributed by atoms with E-state index < -0.39 is 0 Å². The third-order valence-corrected chi connectivity index (χ3v) is 4.85. The first-order valence-corrected chi connectivity index (χ1v) is 9.33. The predicted octanol–water partition coefficient (Wildman–Crippen LogP) is 2.19. The van der Waals surface area contributed by atoms with E-state index in [1.54, 1.807) is 5.51 Å². The topological polar surface area (TPSA) is 86.2 Å². The molecule has 1 aromatic carbocycles. The highest BCUT2D eigenvalue weighted by Crippen LogP contribution is 2.16. The van der Waals surface area contributed by atoms with Crippen LogP contribution in [0.5, 0.6) is 0 Å². The average molecular weight is 370 g/mol. The number of carbonyl (C=O) groups excluding carboxylic acids is 1. The molecule has 1 aliphatic heterocycles. The molecule has 2 aromatic heterocycles. The molecule has 8 heteroatoms. The van der Waals surface area contributed by atoms with Gasteiger partial charge in [-0.05, 0) is 18.6 Å². The molecule has 2 atom stereocenters. The second-order valence-electron chi connectivity index (χ2n) is 6.02. The first kappa shape index (κ1) is 17.0. The van der Waals surface area contributed by atoms with Crippen LogP contribution in [0.15, 0.2) is 41.4 Å². The number of rotatable bonds is 5. The van der Waals surface area contributed by atoms with Crippen molar-refractivity contribution in [3.8, 4) is 0 Å². The third kappa shape index (κ3) is 3.87. The van der Waals surface area contributed by atoms with Gasteiger partial charge in [-0.15, -0.1) is 11.3 Å². The Balaban J connectivity index is 1.43. The Morgan fingerprint density at radius 2 is 2.19 bits per heavy atom. The lowest BCUT2D eigenvalue weighted by Gasteiger charge is -2.31. The zero-order valence-corrected chi connectivity index (χ0v) is 14.8. The lowest BCUT2D eigenvalue weighted by molar-refractivity contribution is -0.0612. The van der Waals surface area contributed by atoms with Gasteiger partial charge in [-0.3, -0.25) is 9.78 Å². The van der Waals surface area contributed by atoms with Gasteiger partial charge in [-0.1, -0.05) is 12.1 Å². The Bertz CT molecular complexity index is 887. The number of carbonyl (C=O) groups is 1. The van der Waals surface area contributed by atoms with E-state index in [1.807, 2.05) is 29.6 Å². The summed E-state index contributed by atoms with van der Waals surface area (Å²) in [4.78, 5) is 25.5. The summed E-state index contributed by atoms with van der Waals surface area (Å²) in [6, 6.07) is 7.23. The Morgan fingerprint density at radius 3 is 3.04 bits per heavy atom. The largest absolute Gasteiger partial charge is 0.379 e. The van der Waals surface area contributed by atoms with Gasteiger partial charge < -0.3 is 14.8 Å². The number of nitrogens with one attached hydrogen (secondary N) is 1. The van der Waals surface area contributed by atoms with Crippen molar-refractivity contribution in [1.82, 2.24) is 20.3 Å². The van der Waals surface area contributed by atoms with E-state index in [0.29, 0.717) is 25.3 Å². The highest BCUT2D eigenvalue weighted by Gasteiger charge is 2.29. The van der Waals surface area contributed by atoms with Crippen molar-refractivity contribution < 1.29 is 14.3 Å². The molecule has 3 heterocycles. The molecule has 0 radical (unpaired) electrons. The number of nitrogens with zero attached hydrogens (tertiary/aromatic N) is 3. The molecule has 1 saturated heterocycles. The van der Waals surface area contributed by atoms with Crippen LogP contribution in [0.1, 0.15) is 22.6 Å². The lowest BCUT2D eigenvalue weighted by atomic mass is 10.1. The van der Waals surface area contributed by atoms with Gasteiger partial charge in [0.15, 0.2) is 0 Å². The molecule has 0 spiro atoms. The monoisotopic (exact) mass is 370 g/mol. The van der Waals surface area contributed by atoms with E-state index in [4.69, 9.17) is 9.47 Å². The highest BCUT2D eigenvalue weighted by atomic mass is 32.1. The van der Waals surface area contributed by atoms with E-state index >= 15 is 0 Å². The molecule has 1 aliphatic rings. The minimum absolute atomic E-state index is 0.122. The minimum atomic E-state index is -0.277. The number of benzene rings is 1. The number of fused-ring (bicyclic) bond motifs is 1. The number of thiazole rings is 1. The van der Waals surface area contributed by atoms with Gasteiger partial charge in [0.2, 0.25) is 0 Å². The van der Waals surface area contributed by atoms with Gasteiger partial charge >= 0.3 is 0 Å². The fourth-order valence-corrected chi connectivity index (χ4v) is 3.41. The maximum Gasteiger partial charge on any atom is 0.271 e. The number of hydrogen-bond donors (Lipinski definition) is 1. The molecular formula is C18H18N4O3S. The fourth-order valence-electron chi connectivity index (χ4n) is 2.86. The number of aromatic nitrogens is 3. The minimum Gasteiger partial charge on any atom is -0.379 e. The summed E-state index contributed by atoms with van der Waals surface area (Å²) in [7, 11) is 0. The molecule has 0 aliphatic carbocycles. The molecule has 4 rings (SSSR count). The summed E-state index contributed by atoms with van der Waals surface area (Å²) >= 11 is 1.54. The van der Waals surface area contributed by atoms with Crippen LogP contribution < -0.4 is 5.32 Å². The van der Waals surface area contributed by atoms with Gasteiger partial charge in [0.1, 0.15) is 5.69 Å². The predicted molar refractivity (Wildman–Crippen MR) is 96.9 cm³/mol. The van der Waals surface area contributed by atoms with Crippen molar-refractivity contribution >= 4 is 28.3 Å². The molecule has 3 aromatic rings. The van der Waals surface area contributed by atoms with Crippen molar-refractivity contribution in [3.63, 3.8) is 0 Å². The van der Waals surface area contributed by atoms with E-state index in [1.165, 1.54) is 17.5 Å². The highest BCUT2D eigenvalue weighted by molar-refractivity contribution is 7.07. The number of para-hydroxylation sites is 2. The zero-order valence-electron chi connectivity index (χ0n) is 14.0. The van der Waals surface area contributed by atoms with E-state index in [2.05, 4.69) is 20.3 Å². The van der Waals surface area contributed by atoms with Crippen LogP contribution in [0.3, 0.4) is 0 Å². The Kier molecular flexibility index (Phi) is 5.14. The molecule has 134 valence electrons. The first-order valence-electron chi connectivity index (χ1n) is 8.38. The molecule has 1 fully saturated rings. The van der Waals surface area contributed by atoms with Crippen molar-refractivity contribution in [2.45, 2.75) is 25.2 Å². The molecule has 0 saturated carbocycles. The van der Waals surface area contributed by atoms with E-state index in [0.717, 1.165) is 17.6 Å². The van der Waals surface area contributed by atoms with Crippen molar-refractivity contribution in [1.29, 1.82) is 0 Å². The quantitative estimate of drug-likeness (QED) is 0.741. The number of ether oxygens (including phenoxy) is 2. The standard InChI is InChI=1S/C18H18N4O3S/c23-18(15-7-19-13-3-1-2-4-14(13)21-15)22-16-9-24-6-5-17(16)25-8-12-10-26-11-20-12/h1-4,7,10-11,16-17H,5-6,8-9H2,(H,22,23)/t16-,17+/m1/s1. The lowest BCUT2D eigenvalue weighted by Crippen LogP contribution is -2.50. The van der Waals surface area contributed by atoms with Crippen molar-refractivity contribution in [3.05, 3.63) is 52.7 Å². The SMILES string of the molecule is O=C(N[C@@H]1COCC[C@@H]1OCc1cscn1)c1cnc2ccccc2n1. The summed E-state index contributed by atoms with van der Waals surface area (Å²) in [5, 5.41) is 4.93. The van der Waals surface area contributed by atoms with Crippen LogP contribution in [-0.2, 0) is 16.1 Å². The molecule has 7 nitrogen and oxygen atoms in total. The molecule has 0 bridgehead atoms. The average Bonchev–Trinajstić information content (AvgIpc) is 3.20. The normalized spacial score (nSPS) is 20.2. The summed E-state index contributed by atoms with van der Waals surface area (Å²) < 4.78 is 11.5. The van der Waals surface area contributed by atoms with Crippen molar-refractivity contribution in [2.75, 3.05) is 13.2 Å². The molecule has 26 heavy (non-hydrogen) atoms. The van der Waals surface area contributed by atoms with Crippen molar-refractivity contribution in [2.24, 2.45) is 0 Å². The van der Waals surface area contributed by atoms with Crippen LogP contribution in [0.2, 0.25) is 0 Å². The second kappa shape index (κ2) is 7.86. The Hall–Kier alpha value is -2.42. The maximum atomic E-state index is 12.6. The summed E-state index contributed by atoms with van der Waals surface area (Å²) in [6.45, 7) is 1.45. The van der Waals surface area contributed by atoms with Crippen LogP contribution in [0.25, 0.3) is 11.0 Å². The Labute approximate surface area is 154 Å². The van der Waals surface area contributed by atoms with Crippen LogP contribution >= 0.6 is 11.3 Å².